The van der Waals surface area contributed by atoms with Crippen LogP contribution in [-0.4, -0.2) is 29.9 Å². The summed E-state index contributed by atoms with van der Waals surface area (Å²) in [6.07, 6.45) is 10.2. The molecule has 110 valence electrons. The van der Waals surface area contributed by atoms with E-state index in [0.29, 0.717) is 11.8 Å². The molecule has 0 spiro atoms. The molecule has 4 atom stereocenters. The molecule has 4 heteroatoms. The fourth-order valence-corrected chi connectivity index (χ4v) is 4.34. The molecule has 3 nitrogen and oxygen atoms in total. The van der Waals surface area contributed by atoms with E-state index >= 15 is 0 Å². The van der Waals surface area contributed by atoms with E-state index in [4.69, 9.17) is 5.73 Å². The van der Waals surface area contributed by atoms with Crippen LogP contribution in [0.1, 0.15) is 51.4 Å². The Morgan fingerprint density at radius 3 is 2.42 bits per heavy atom. The quantitative estimate of drug-likeness (QED) is 0.805. The summed E-state index contributed by atoms with van der Waals surface area (Å²) in [6.45, 7) is 1.69. The number of amides is 1. The van der Waals surface area contributed by atoms with Gasteiger partial charge in [0.1, 0.15) is 0 Å². The van der Waals surface area contributed by atoms with Gasteiger partial charge in [0.05, 0.1) is 0 Å². The van der Waals surface area contributed by atoms with Crippen molar-refractivity contribution in [2.75, 3.05) is 13.1 Å². The van der Waals surface area contributed by atoms with Crippen molar-refractivity contribution in [3.8, 4) is 0 Å². The molecule has 0 aromatic rings. The maximum atomic E-state index is 12.5. The van der Waals surface area contributed by atoms with Gasteiger partial charge in [-0.3, -0.25) is 4.79 Å². The first-order valence-electron chi connectivity index (χ1n) is 7.78. The highest BCUT2D eigenvalue weighted by Gasteiger charge is 2.37. The fourth-order valence-electron chi connectivity index (χ4n) is 4.34. The molecular formula is C15H27ClN2O. The van der Waals surface area contributed by atoms with Crippen molar-refractivity contribution in [3.63, 3.8) is 0 Å². The molecule has 3 fully saturated rings. The van der Waals surface area contributed by atoms with Crippen molar-refractivity contribution in [2.45, 2.75) is 57.4 Å². The predicted molar refractivity (Wildman–Crippen MR) is 79.2 cm³/mol. The van der Waals surface area contributed by atoms with E-state index in [-0.39, 0.29) is 18.4 Å². The van der Waals surface area contributed by atoms with Crippen LogP contribution in [0.15, 0.2) is 0 Å². The van der Waals surface area contributed by atoms with Gasteiger partial charge in [-0.2, -0.15) is 0 Å². The van der Waals surface area contributed by atoms with E-state index in [9.17, 15) is 4.79 Å². The smallest absolute Gasteiger partial charge is 0.225 e. The van der Waals surface area contributed by atoms with Gasteiger partial charge in [0, 0.05) is 25.0 Å². The maximum Gasteiger partial charge on any atom is 0.225 e. The zero-order valence-electron chi connectivity index (χ0n) is 11.7. The fraction of sp³-hybridized carbons (Fsp3) is 0.933. The van der Waals surface area contributed by atoms with Crippen molar-refractivity contribution in [2.24, 2.45) is 23.5 Å². The second-order valence-corrected chi connectivity index (χ2v) is 6.65. The van der Waals surface area contributed by atoms with Crippen LogP contribution in [0.25, 0.3) is 0 Å². The van der Waals surface area contributed by atoms with Crippen LogP contribution in [0, 0.1) is 17.8 Å². The van der Waals surface area contributed by atoms with Crippen LogP contribution in [0.3, 0.4) is 0 Å². The second-order valence-electron chi connectivity index (χ2n) is 6.65. The molecule has 0 aromatic heterocycles. The molecule has 3 unspecified atom stereocenters. The molecule has 2 saturated carbocycles. The van der Waals surface area contributed by atoms with Crippen LogP contribution in [0.5, 0.6) is 0 Å². The zero-order chi connectivity index (χ0) is 12.5. The number of nitrogens with zero attached hydrogens (tertiary/aromatic N) is 1. The SMILES string of the molecule is Cl.N[C@@H]1CCN(C(=O)C2CCC3CCCCC3C2)C1. The van der Waals surface area contributed by atoms with Crippen LogP contribution in [-0.2, 0) is 4.79 Å². The lowest BCUT2D eigenvalue weighted by molar-refractivity contribution is -0.136. The third-order valence-electron chi connectivity index (χ3n) is 5.43. The second kappa shape index (κ2) is 6.45. The minimum absolute atomic E-state index is 0. The van der Waals surface area contributed by atoms with Crippen molar-refractivity contribution >= 4 is 18.3 Å². The average Bonchev–Trinajstić information content (AvgIpc) is 2.84. The van der Waals surface area contributed by atoms with Crippen LogP contribution in [0.2, 0.25) is 0 Å². The van der Waals surface area contributed by atoms with Gasteiger partial charge >= 0.3 is 0 Å². The standard InChI is InChI=1S/C15H26N2O.ClH/c16-14-7-8-17(10-14)15(18)13-6-5-11-3-1-2-4-12(11)9-13;/h11-14H,1-10,16H2;1H/t11?,12?,13?,14-;/m1./s1. The number of hydrogen-bond acceptors (Lipinski definition) is 2. The Morgan fingerprint density at radius 2 is 1.74 bits per heavy atom. The maximum absolute atomic E-state index is 12.5. The number of hydrogen-bond donors (Lipinski definition) is 1. The van der Waals surface area contributed by atoms with E-state index in [0.717, 1.165) is 44.2 Å². The Morgan fingerprint density at radius 1 is 1.00 bits per heavy atom. The van der Waals surface area contributed by atoms with Crippen LogP contribution < -0.4 is 5.73 Å². The van der Waals surface area contributed by atoms with Gasteiger partial charge < -0.3 is 10.6 Å². The Hall–Kier alpha value is -0.280. The number of rotatable bonds is 1. The number of halogens is 1. The summed E-state index contributed by atoms with van der Waals surface area (Å²) in [7, 11) is 0. The lowest BCUT2D eigenvalue weighted by Crippen LogP contribution is -2.40. The van der Waals surface area contributed by atoms with Gasteiger partial charge in [0.25, 0.3) is 0 Å². The molecular weight excluding hydrogens is 260 g/mol. The topological polar surface area (TPSA) is 46.3 Å². The highest BCUT2D eigenvalue weighted by Crippen LogP contribution is 2.43. The minimum atomic E-state index is 0. The summed E-state index contributed by atoms with van der Waals surface area (Å²) >= 11 is 0. The summed E-state index contributed by atoms with van der Waals surface area (Å²) in [6, 6.07) is 0.222. The predicted octanol–water partition coefficient (Wildman–Crippen LogP) is 2.57. The summed E-state index contributed by atoms with van der Waals surface area (Å²) < 4.78 is 0. The number of likely N-dealkylation sites (tertiary alicyclic amines) is 1. The summed E-state index contributed by atoms with van der Waals surface area (Å²) in [4.78, 5) is 14.5. The number of carbonyl (C=O) groups excluding carboxylic acids is 1. The molecule has 1 amide bonds. The lowest BCUT2D eigenvalue weighted by Gasteiger charge is -2.39. The van der Waals surface area contributed by atoms with Gasteiger partial charge in [0.2, 0.25) is 5.91 Å². The Bertz CT molecular complexity index is 323. The summed E-state index contributed by atoms with van der Waals surface area (Å²) in [5, 5.41) is 0. The monoisotopic (exact) mass is 286 g/mol. The molecule has 2 N–H and O–H groups in total. The third-order valence-corrected chi connectivity index (χ3v) is 5.43. The largest absolute Gasteiger partial charge is 0.341 e. The molecule has 0 aromatic carbocycles. The van der Waals surface area contributed by atoms with E-state index in [1.54, 1.807) is 0 Å². The Balaban J connectivity index is 0.00000133. The van der Waals surface area contributed by atoms with Gasteiger partial charge in [-0.15, -0.1) is 12.4 Å². The van der Waals surface area contributed by atoms with E-state index in [1.807, 2.05) is 4.90 Å². The number of fused-ring (bicyclic) bond motifs is 1. The molecule has 3 rings (SSSR count). The highest BCUT2D eigenvalue weighted by molar-refractivity contribution is 5.85. The average molecular weight is 287 g/mol. The molecule has 0 bridgehead atoms. The summed E-state index contributed by atoms with van der Waals surface area (Å²) in [5.74, 6) is 2.50. The molecule has 0 radical (unpaired) electrons. The van der Waals surface area contributed by atoms with E-state index < -0.39 is 0 Å². The van der Waals surface area contributed by atoms with E-state index in [1.165, 1.54) is 32.1 Å². The zero-order valence-corrected chi connectivity index (χ0v) is 12.5. The summed E-state index contributed by atoms with van der Waals surface area (Å²) in [5.41, 5.74) is 5.90. The molecule has 1 aliphatic heterocycles. The molecule has 19 heavy (non-hydrogen) atoms. The minimum Gasteiger partial charge on any atom is -0.341 e. The van der Waals surface area contributed by atoms with Gasteiger partial charge in [-0.1, -0.05) is 25.7 Å². The molecule has 1 saturated heterocycles. The van der Waals surface area contributed by atoms with E-state index in [2.05, 4.69) is 0 Å². The third kappa shape index (κ3) is 3.25. The van der Waals surface area contributed by atoms with Gasteiger partial charge in [0.15, 0.2) is 0 Å². The Kier molecular flexibility index (Phi) is 5.13. The van der Waals surface area contributed by atoms with Crippen LogP contribution >= 0.6 is 12.4 Å². The first kappa shape index (κ1) is 15.1. The first-order chi connectivity index (χ1) is 8.74. The van der Waals surface area contributed by atoms with Crippen molar-refractivity contribution in [1.82, 2.24) is 4.90 Å². The van der Waals surface area contributed by atoms with Crippen molar-refractivity contribution in [3.05, 3.63) is 0 Å². The normalized spacial score (nSPS) is 38.5. The molecule has 3 aliphatic rings. The first-order valence-corrected chi connectivity index (χ1v) is 7.78. The van der Waals surface area contributed by atoms with Gasteiger partial charge in [-0.25, -0.2) is 0 Å². The number of nitrogens with two attached hydrogens (primary N) is 1. The number of carbonyl (C=O) groups is 1. The van der Waals surface area contributed by atoms with Crippen molar-refractivity contribution < 1.29 is 4.79 Å². The Labute approximate surface area is 122 Å². The molecule has 1 heterocycles. The van der Waals surface area contributed by atoms with Crippen LogP contribution in [0.4, 0.5) is 0 Å². The lowest BCUT2D eigenvalue weighted by atomic mass is 9.67. The van der Waals surface area contributed by atoms with Crippen molar-refractivity contribution in [1.29, 1.82) is 0 Å². The van der Waals surface area contributed by atoms with Gasteiger partial charge in [-0.05, 0) is 37.5 Å². The molecule has 2 aliphatic carbocycles. The highest BCUT2D eigenvalue weighted by atomic mass is 35.5.